The Morgan fingerprint density at radius 2 is 2.00 bits per heavy atom. The molecule has 0 aromatic carbocycles. The molecule has 0 unspecified atom stereocenters. The highest BCUT2D eigenvalue weighted by molar-refractivity contribution is 7.09. The Kier molecular flexibility index (Phi) is 5.23. The summed E-state index contributed by atoms with van der Waals surface area (Å²) in [6.45, 7) is 11.2. The second-order valence-electron chi connectivity index (χ2n) is 6.82. The second kappa shape index (κ2) is 7.21. The molecule has 0 aliphatic carbocycles. The molecule has 1 aliphatic rings. The van der Waals surface area contributed by atoms with E-state index < -0.39 is 0 Å². The summed E-state index contributed by atoms with van der Waals surface area (Å²) in [6, 6.07) is 6.25. The first-order valence-electron chi connectivity index (χ1n) is 8.54. The maximum absolute atomic E-state index is 12.8. The molecule has 3 heterocycles. The lowest BCUT2D eigenvalue weighted by atomic mass is 10.1. The van der Waals surface area contributed by atoms with Gasteiger partial charge in [0.25, 0.3) is 0 Å². The van der Waals surface area contributed by atoms with Gasteiger partial charge in [-0.15, -0.1) is 11.3 Å². The zero-order valence-electron chi connectivity index (χ0n) is 14.9. The number of thiophene rings is 1. The van der Waals surface area contributed by atoms with Crippen molar-refractivity contribution in [2.45, 2.75) is 46.4 Å². The van der Waals surface area contributed by atoms with Crippen molar-refractivity contribution in [1.82, 2.24) is 9.47 Å². The largest absolute Gasteiger partial charge is 0.373 e. The van der Waals surface area contributed by atoms with Crippen LogP contribution in [0.15, 0.2) is 23.6 Å². The number of Topliss-reactive ketones (excluding diaryl/α,β-unsaturated/α-hetero) is 1. The molecule has 24 heavy (non-hydrogen) atoms. The van der Waals surface area contributed by atoms with E-state index in [2.05, 4.69) is 54.7 Å². The maximum atomic E-state index is 12.8. The summed E-state index contributed by atoms with van der Waals surface area (Å²) in [5.74, 6) is 0.210. The van der Waals surface area contributed by atoms with Gasteiger partial charge in [-0.05, 0) is 45.2 Å². The predicted octanol–water partition coefficient (Wildman–Crippen LogP) is 3.51. The van der Waals surface area contributed by atoms with E-state index in [0.29, 0.717) is 6.54 Å². The number of aromatic nitrogens is 1. The highest BCUT2D eigenvalue weighted by Gasteiger charge is 2.25. The van der Waals surface area contributed by atoms with Crippen molar-refractivity contribution in [3.63, 3.8) is 0 Å². The molecule has 1 aliphatic heterocycles. The fourth-order valence-electron chi connectivity index (χ4n) is 3.59. The third-order valence-corrected chi connectivity index (χ3v) is 5.49. The van der Waals surface area contributed by atoms with Crippen LogP contribution in [-0.4, -0.2) is 47.1 Å². The number of hydrogen-bond donors (Lipinski definition) is 0. The van der Waals surface area contributed by atoms with Gasteiger partial charge in [0.15, 0.2) is 5.78 Å². The van der Waals surface area contributed by atoms with Gasteiger partial charge in [-0.3, -0.25) is 9.69 Å². The van der Waals surface area contributed by atoms with E-state index in [4.69, 9.17) is 4.74 Å². The topological polar surface area (TPSA) is 34.5 Å². The minimum atomic E-state index is 0.188. The van der Waals surface area contributed by atoms with Gasteiger partial charge in [-0.25, -0.2) is 0 Å². The van der Waals surface area contributed by atoms with Crippen molar-refractivity contribution < 1.29 is 9.53 Å². The van der Waals surface area contributed by atoms with Crippen molar-refractivity contribution in [2.75, 3.05) is 19.6 Å². The van der Waals surface area contributed by atoms with E-state index in [9.17, 15) is 4.79 Å². The molecule has 130 valence electrons. The molecule has 0 amide bonds. The van der Waals surface area contributed by atoms with Crippen LogP contribution in [0.5, 0.6) is 0 Å². The molecule has 1 fully saturated rings. The van der Waals surface area contributed by atoms with Crippen molar-refractivity contribution >= 4 is 17.1 Å². The smallest absolute Gasteiger partial charge is 0.178 e. The fourth-order valence-corrected chi connectivity index (χ4v) is 4.28. The highest BCUT2D eigenvalue weighted by Crippen LogP contribution is 2.20. The molecule has 3 rings (SSSR count). The Balaban J connectivity index is 1.73. The van der Waals surface area contributed by atoms with Gasteiger partial charge >= 0.3 is 0 Å². The first-order chi connectivity index (χ1) is 11.4. The van der Waals surface area contributed by atoms with Gasteiger partial charge in [0.2, 0.25) is 0 Å². The van der Waals surface area contributed by atoms with Crippen LogP contribution in [0, 0.1) is 13.8 Å². The summed E-state index contributed by atoms with van der Waals surface area (Å²) in [4.78, 5) is 16.3. The van der Waals surface area contributed by atoms with Crippen LogP contribution >= 0.6 is 11.3 Å². The van der Waals surface area contributed by atoms with E-state index >= 15 is 0 Å². The lowest BCUT2D eigenvalue weighted by Gasteiger charge is -2.34. The number of carbonyl (C=O) groups is 1. The predicted molar refractivity (Wildman–Crippen MR) is 98.1 cm³/mol. The molecule has 4 nitrogen and oxygen atoms in total. The monoisotopic (exact) mass is 346 g/mol. The lowest BCUT2D eigenvalue weighted by molar-refractivity contribution is -0.0652. The number of ketones is 1. The van der Waals surface area contributed by atoms with Crippen molar-refractivity contribution in [3.8, 4) is 0 Å². The molecule has 0 bridgehead atoms. The van der Waals surface area contributed by atoms with Crippen LogP contribution < -0.4 is 0 Å². The van der Waals surface area contributed by atoms with Gasteiger partial charge in [0.05, 0.1) is 25.3 Å². The SMILES string of the molecule is Cc1cc(C(=O)CN2C[C@@H](C)O[C@@H](C)C2)c(C)n1Cc1cccs1. The Morgan fingerprint density at radius 1 is 1.29 bits per heavy atom. The fraction of sp³-hybridized carbons (Fsp3) is 0.526. The van der Waals surface area contributed by atoms with E-state index in [-0.39, 0.29) is 18.0 Å². The molecule has 1 saturated heterocycles. The minimum absolute atomic E-state index is 0.188. The van der Waals surface area contributed by atoms with Gasteiger partial charge in [0, 0.05) is 34.9 Å². The van der Waals surface area contributed by atoms with Crippen molar-refractivity contribution in [3.05, 3.63) is 45.4 Å². The molecule has 2 atom stereocenters. The van der Waals surface area contributed by atoms with Crippen molar-refractivity contribution in [2.24, 2.45) is 0 Å². The third kappa shape index (κ3) is 3.79. The summed E-state index contributed by atoms with van der Waals surface area (Å²) in [5, 5.41) is 2.09. The van der Waals surface area contributed by atoms with Crippen LogP contribution in [-0.2, 0) is 11.3 Å². The lowest BCUT2D eigenvalue weighted by Crippen LogP contribution is -2.47. The Morgan fingerprint density at radius 3 is 2.62 bits per heavy atom. The van der Waals surface area contributed by atoms with E-state index in [0.717, 1.165) is 36.6 Å². The van der Waals surface area contributed by atoms with E-state index in [1.54, 1.807) is 11.3 Å². The molecule has 2 aromatic rings. The highest BCUT2D eigenvalue weighted by atomic mass is 32.1. The number of rotatable bonds is 5. The van der Waals surface area contributed by atoms with E-state index in [1.807, 2.05) is 6.07 Å². The van der Waals surface area contributed by atoms with Gasteiger partial charge < -0.3 is 9.30 Å². The molecule has 0 N–H and O–H groups in total. The maximum Gasteiger partial charge on any atom is 0.178 e. The Labute approximate surface area is 148 Å². The Bertz CT molecular complexity index is 695. The molecule has 0 spiro atoms. The first-order valence-corrected chi connectivity index (χ1v) is 9.42. The van der Waals surface area contributed by atoms with Crippen LogP contribution in [0.25, 0.3) is 0 Å². The van der Waals surface area contributed by atoms with Crippen molar-refractivity contribution in [1.29, 1.82) is 0 Å². The van der Waals surface area contributed by atoms with Crippen LogP contribution in [0.4, 0.5) is 0 Å². The summed E-state index contributed by atoms with van der Waals surface area (Å²) in [7, 11) is 0. The van der Waals surface area contributed by atoms with Gasteiger partial charge in [0.1, 0.15) is 0 Å². The van der Waals surface area contributed by atoms with Gasteiger partial charge in [-0.1, -0.05) is 6.07 Å². The number of hydrogen-bond acceptors (Lipinski definition) is 4. The number of morpholine rings is 1. The quantitative estimate of drug-likeness (QED) is 0.777. The zero-order chi connectivity index (χ0) is 17.3. The Hall–Kier alpha value is -1.43. The first kappa shape index (κ1) is 17.4. The van der Waals surface area contributed by atoms with Crippen LogP contribution in [0.1, 0.15) is 40.5 Å². The summed E-state index contributed by atoms with van der Waals surface area (Å²) < 4.78 is 7.99. The van der Waals surface area contributed by atoms with Crippen LogP contribution in [0.3, 0.4) is 0 Å². The third-order valence-electron chi connectivity index (χ3n) is 4.63. The average Bonchev–Trinajstić information content (AvgIpc) is 3.10. The average molecular weight is 346 g/mol. The summed E-state index contributed by atoms with van der Waals surface area (Å²) >= 11 is 1.75. The van der Waals surface area contributed by atoms with Crippen LogP contribution in [0.2, 0.25) is 0 Å². The number of nitrogens with zero attached hydrogens (tertiary/aromatic N) is 2. The normalized spacial score (nSPS) is 22.0. The molecular weight excluding hydrogens is 320 g/mol. The summed E-state index contributed by atoms with van der Waals surface area (Å²) in [6.07, 6.45) is 0.376. The molecule has 0 radical (unpaired) electrons. The molecule has 2 aromatic heterocycles. The number of aryl methyl sites for hydroxylation is 1. The number of ether oxygens (including phenoxy) is 1. The molecule has 5 heteroatoms. The molecule has 0 saturated carbocycles. The minimum Gasteiger partial charge on any atom is -0.373 e. The second-order valence-corrected chi connectivity index (χ2v) is 7.86. The number of carbonyl (C=O) groups excluding carboxylic acids is 1. The summed E-state index contributed by atoms with van der Waals surface area (Å²) in [5.41, 5.74) is 3.07. The molecular formula is C19H26N2O2S. The van der Waals surface area contributed by atoms with E-state index in [1.165, 1.54) is 4.88 Å². The standard InChI is InChI=1S/C19H26N2O2S/c1-13-8-18(16(4)21(13)11-17-6-5-7-24-17)19(22)12-20-9-14(2)23-15(3)10-20/h5-8,14-15H,9-12H2,1-4H3/t14-,15+. The zero-order valence-corrected chi connectivity index (χ0v) is 15.7. The van der Waals surface area contributed by atoms with Gasteiger partial charge in [-0.2, -0.15) is 0 Å².